The molecule has 2 aromatic carbocycles. The van der Waals surface area contributed by atoms with Crippen LogP contribution in [0.25, 0.3) is 10.8 Å². The highest BCUT2D eigenvalue weighted by molar-refractivity contribution is 6.37. The molecular formula is C20H18ClNO3. The molecule has 2 aromatic rings. The zero-order chi connectivity index (χ0) is 17.6. The van der Waals surface area contributed by atoms with E-state index < -0.39 is 23.0 Å². The zero-order valence-corrected chi connectivity index (χ0v) is 14.8. The summed E-state index contributed by atoms with van der Waals surface area (Å²) in [4.78, 5) is 27.9. The summed E-state index contributed by atoms with van der Waals surface area (Å²) in [5.74, 6) is -1.08. The van der Waals surface area contributed by atoms with Gasteiger partial charge in [-0.2, -0.15) is 0 Å². The van der Waals surface area contributed by atoms with Crippen molar-refractivity contribution in [1.82, 2.24) is 0 Å². The maximum absolute atomic E-state index is 13.3. The molecule has 3 heterocycles. The minimum Gasteiger partial charge on any atom is -0.367 e. The number of anilines is 1. The van der Waals surface area contributed by atoms with Gasteiger partial charge in [0.25, 0.3) is 0 Å². The Bertz CT molecular complexity index is 923. The topological polar surface area (TPSA) is 46.6 Å². The Balaban J connectivity index is 1.69. The molecule has 3 aliphatic heterocycles. The fourth-order valence-electron chi connectivity index (χ4n) is 5.15. The first kappa shape index (κ1) is 15.4. The molecule has 3 saturated heterocycles. The predicted molar refractivity (Wildman–Crippen MR) is 95.6 cm³/mol. The molecule has 0 aromatic heterocycles. The average molecular weight is 356 g/mol. The molecule has 3 fully saturated rings. The van der Waals surface area contributed by atoms with Crippen molar-refractivity contribution in [2.45, 2.75) is 37.9 Å². The van der Waals surface area contributed by atoms with E-state index in [0.717, 1.165) is 23.6 Å². The second kappa shape index (κ2) is 4.63. The van der Waals surface area contributed by atoms with Crippen LogP contribution < -0.4 is 4.90 Å². The number of fused-ring (bicyclic) bond motifs is 6. The van der Waals surface area contributed by atoms with Gasteiger partial charge in [0.1, 0.15) is 0 Å². The van der Waals surface area contributed by atoms with Crippen LogP contribution >= 0.6 is 11.6 Å². The van der Waals surface area contributed by atoms with Crippen LogP contribution in [0.2, 0.25) is 5.02 Å². The predicted octanol–water partition coefficient (Wildman–Crippen LogP) is 3.94. The third kappa shape index (κ3) is 1.76. The molecule has 5 heteroatoms. The molecule has 4 nitrogen and oxygen atoms in total. The Kier molecular flexibility index (Phi) is 2.84. The minimum atomic E-state index is -0.539. The highest BCUT2D eigenvalue weighted by Crippen LogP contribution is 2.61. The lowest BCUT2D eigenvalue weighted by Gasteiger charge is -2.27. The molecule has 4 unspecified atom stereocenters. The van der Waals surface area contributed by atoms with E-state index in [-0.39, 0.29) is 11.8 Å². The van der Waals surface area contributed by atoms with E-state index in [0.29, 0.717) is 10.7 Å². The van der Waals surface area contributed by atoms with Crippen molar-refractivity contribution in [2.75, 3.05) is 4.90 Å². The number of hydrogen-bond acceptors (Lipinski definition) is 3. The molecule has 0 radical (unpaired) electrons. The Morgan fingerprint density at radius 3 is 2.12 bits per heavy atom. The molecule has 0 N–H and O–H groups in total. The van der Waals surface area contributed by atoms with Crippen molar-refractivity contribution >= 4 is 39.9 Å². The molecule has 5 rings (SSSR count). The molecule has 25 heavy (non-hydrogen) atoms. The fraction of sp³-hybridized carbons (Fsp3) is 0.400. The molecule has 3 aliphatic rings. The van der Waals surface area contributed by atoms with E-state index in [2.05, 4.69) is 0 Å². The van der Waals surface area contributed by atoms with Crippen molar-refractivity contribution in [3.8, 4) is 0 Å². The first-order valence-electron chi connectivity index (χ1n) is 8.61. The van der Waals surface area contributed by atoms with Crippen LogP contribution in [0.4, 0.5) is 5.69 Å². The Morgan fingerprint density at radius 2 is 1.52 bits per heavy atom. The summed E-state index contributed by atoms with van der Waals surface area (Å²) in [7, 11) is 0. The largest absolute Gasteiger partial charge is 0.367 e. The van der Waals surface area contributed by atoms with Crippen LogP contribution in [0.1, 0.15) is 26.7 Å². The number of nitrogens with zero attached hydrogens (tertiary/aromatic N) is 1. The van der Waals surface area contributed by atoms with E-state index in [9.17, 15) is 9.59 Å². The first-order chi connectivity index (χ1) is 11.9. The number of hydrogen-bond donors (Lipinski definition) is 0. The van der Waals surface area contributed by atoms with Crippen LogP contribution in [0, 0.1) is 11.8 Å². The van der Waals surface area contributed by atoms with Crippen LogP contribution in [0.15, 0.2) is 36.4 Å². The van der Waals surface area contributed by atoms with Gasteiger partial charge in [-0.3, -0.25) is 9.59 Å². The maximum Gasteiger partial charge on any atom is 0.240 e. The Hall–Kier alpha value is -1.91. The monoisotopic (exact) mass is 355 g/mol. The van der Waals surface area contributed by atoms with Crippen molar-refractivity contribution in [3.63, 3.8) is 0 Å². The number of ether oxygens (including phenoxy) is 1. The Labute approximate surface area is 150 Å². The molecule has 2 amide bonds. The number of halogens is 1. The molecule has 128 valence electrons. The summed E-state index contributed by atoms with van der Waals surface area (Å²) in [6.45, 7) is 3.94. The van der Waals surface area contributed by atoms with Crippen molar-refractivity contribution in [3.05, 3.63) is 41.4 Å². The fourth-order valence-corrected chi connectivity index (χ4v) is 5.38. The number of imide groups is 1. The van der Waals surface area contributed by atoms with Crippen LogP contribution in [0.3, 0.4) is 0 Å². The van der Waals surface area contributed by atoms with Crippen LogP contribution in [-0.4, -0.2) is 23.0 Å². The average Bonchev–Trinajstić information content (AvgIpc) is 3.13. The summed E-state index contributed by atoms with van der Waals surface area (Å²) in [6, 6.07) is 11.1. The molecular weight excluding hydrogens is 338 g/mol. The molecule has 2 bridgehead atoms. The second-order valence-corrected chi connectivity index (χ2v) is 8.21. The zero-order valence-electron chi connectivity index (χ0n) is 14.1. The van der Waals surface area contributed by atoms with Gasteiger partial charge in [0.05, 0.1) is 28.7 Å². The highest BCUT2D eigenvalue weighted by Gasteiger charge is 2.72. The van der Waals surface area contributed by atoms with Gasteiger partial charge in [-0.05, 0) is 38.8 Å². The van der Waals surface area contributed by atoms with Gasteiger partial charge in [0.2, 0.25) is 11.8 Å². The third-order valence-electron chi connectivity index (χ3n) is 6.29. The number of carbonyl (C=O) groups is 2. The summed E-state index contributed by atoms with van der Waals surface area (Å²) in [5, 5.41) is 2.28. The summed E-state index contributed by atoms with van der Waals surface area (Å²) < 4.78 is 6.16. The van der Waals surface area contributed by atoms with E-state index in [1.54, 1.807) is 12.1 Å². The number of benzene rings is 2. The van der Waals surface area contributed by atoms with Gasteiger partial charge in [-0.25, -0.2) is 4.90 Å². The lowest BCUT2D eigenvalue weighted by Crippen LogP contribution is -2.40. The van der Waals surface area contributed by atoms with Gasteiger partial charge in [-0.1, -0.05) is 35.9 Å². The molecule has 0 spiro atoms. The first-order valence-corrected chi connectivity index (χ1v) is 8.99. The molecule has 0 aliphatic carbocycles. The lowest BCUT2D eigenvalue weighted by molar-refractivity contribution is -0.129. The van der Waals surface area contributed by atoms with Gasteiger partial charge >= 0.3 is 0 Å². The standard InChI is InChI=1S/C20H18ClNO3/c1-19-9-10-20(2,25-19)16-15(19)17(23)22(18(16)24)14-8-7-13(21)11-5-3-4-6-12(11)14/h3-8,15-16H,9-10H2,1-2H3. The number of rotatable bonds is 1. The van der Waals surface area contributed by atoms with Crippen molar-refractivity contribution in [1.29, 1.82) is 0 Å². The van der Waals surface area contributed by atoms with Gasteiger partial charge in [0, 0.05) is 15.8 Å². The SMILES string of the molecule is CC12CCC(C)(O1)C1C(=O)N(c3ccc(Cl)c4ccccc34)C(=O)C12. The smallest absolute Gasteiger partial charge is 0.240 e. The Morgan fingerprint density at radius 1 is 0.960 bits per heavy atom. The van der Waals surface area contributed by atoms with Crippen molar-refractivity contribution in [2.24, 2.45) is 11.8 Å². The molecule has 0 saturated carbocycles. The van der Waals surface area contributed by atoms with Gasteiger partial charge in [0.15, 0.2) is 0 Å². The highest BCUT2D eigenvalue weighted by atomic mass is 35.5. The second-order valence-electron chi connectivity index (χ2n) is 7.81. The summed E-state index contributed by atoms with van der Waals surface area (Å²) in [6.07, 6.45) is 1.64. The lowest BCUT2D eigenvalue weighted by atomic mass is 9.69. The van der Waals surface area contributed by atoms with E-state index in [1.165, 1.54) is 4.90 Å². The van der Waals surface area contributed by atoms with Crippen LogP contribution in [0.5, 0.6) is 0 Å². The summed E-state index contributed by atoms with van der Waals surface area (Å²) in [5.41, 5.74) is -0.456. The number of carbonyl (C=O) groups excluding carboxylic acids is 2. The normalized spacial score (nSPS) is 36.5. The molecule has 4 atom stereocenters. The summed E-state index contributed by atoms with van der Waals surface area (Å²) >= 11 is 6.30. The van der Waals surface area contributed by atoms with Gasteiger partial charge in [-0.15, -0.1) is 0 Å². The number of amides is 2. The van der Waals surface area contributed by atoms with E-state index >= 15 is 0 Å². The van der Waals surface area contributed by atoms with E-state index in [4.69, 9.17) is 16.3 Å². The maximum atomic E-state index is 13.3. The third-order valence-corrected chi connectivity index (χ3v) is 6.62. The quantitative estimate of drug-likeness (QED) is 0.728. The minimum absolute atomic E-state index is 0.145. The van der Waals surface area contributed by atoms with Gasteiger partial charge < -0.3 is 4.74 Å². The van der Waals surface area contributed by atoms with Crippen molar-refractivity contribution < 1.29 is 14.3 Å². The van der Waals surface area contributed by atoms with Crippen LogP contribution in [-0.2, 0) is 14.3 Å². The van der Waals surface area contributed by atoms with E-state index in [1.807, 2.05) is 38.1 Å².